The fraction of sp³-hybridized carbons (Fsp3) is 0.500. The van der Waals surface area contributed by atoms with Crippen LogP contribution in [0.2, 0.25) is 0 Å². The topological polar surface area (TPSA) is 69.7 Å². The Kier molecular flexibility index (Phi) is 5.71. The Hall–Kier alpha value is -1.96. The highest BCUT2D eigenvalue weighted by atomic mass is 32.1. The van der Waals surface area contributed by atoms with Crippen LogP contribution in [0, 0.1) is 0 Å². The third-order valence-corrected chi connectivity index (χ3v) is 5.65. The molecule has 1 aromatic carbocycles. The van der Waals surface area contributed by atoms with Gasteiger partial charge in [0.05, 0.1) is 25.0 Å². The lowest BCUT2D eigenvalue weighted by atomic mass is 10.1. The zero-order chi connectivity index (χ0) is 18.6. The molecule has 27 heavy (non-hydrogen) atoms. The lowest BCUT2D eigenvalue weighted by Gasteiger charge is -2.23. The van der Waals surface area contributed by atoms with Crippen LogP contribution in [0.4, 0.5) is 5.13 Å². The van der Waals surface area contributed by atoms with E-state index in [1.807, 2.05) is 17.5 Å². The van der Waals surface area contributed by atoms with Gasteiger partial charge in [-0.05, 0) is 49.9 Å². The molecule has 4 rings (SSSR count). The quantitative estimate of drug-likeness (QED) is 0.818. The second-order valence-electron chi connectivity index (χ2n) is 6.91. The maximum atomic E-state index is 12.4. The summed E-state index contributed by atoms with van der Waals surface area (Å²) in [4.78, 5) is 16.9. The Balaban J connectivity index is 1.32. The number of nitrogens with zero attached hydrogens (tertiary/aromatic N) is 1. The molecule has 2 unspecified atom stereocenters. The number of carbonyl (C=O) groups is 1. The molecule has 2 atom stereocenters. The number of ether oxygens (including phenoxy) is 3. The number of anilines is 1. The minimum absolute atomic E-state index is 0.101. The van der Waals surface area contributed by atoms with Crippen LogP contribution in [0.5, 0.6) is 5.75 Å². The van der Waals surface area contributed by atoms with E-state index in [-0.39, 0.29) is 12.0 Å². The SMILES string of the molecule is CC(OCC1CCCCO1)C(=O)Nc1nc(-c2ccc3c(c2)CCO3)cs1. The van der Waals surface area contributed by atoms with Gasteiger partial charge in [-0.15, -0.1) is 11.3 Å². The number of amides is 1. The normalized spacial score (nSPS) is 20.0. The number of aromatic nitrogens is 1. The lowest BCUT2D eigenvalue weighted by Crippen LogP contribution is -2.32. The number of nitrogens with one attached hydrogen (secondary N) is 1. The van der Waals surface area contributed by atoms with Crippen molar-refractivity contribution >= 4 is 22.4 Å². The first-order chi connectivity index (χ1) is 13.2. The third-order valence-electron chi connectivity index (χ3n) is 4.89. The highest BCUT2D eigenvalue weighted by Gasteiger charge is 2.20. The summed E-state index contributed by atoms with van der Waals surface area (Å²) in [6, 6.07) is 6.10. The molecule has 1 aromatic heterocycles. The van der Waals surface area contributed by atoms with Crippen LogP contribution in [0.1, 0.15) is 31.7 Å². The van der Waals surface area contributed by atoms with Crippen molar-refractivity contribution < 1.29 is 19.0 Å². The van der Waals surface area contributed by atoms with Crippen molar-refractivity contribution in [2.75, 3.05) is 25.1 Å². The van der Waals surface area contributed by atoms with Crippen molar-refractivity contribution in [3.8, 4) is 17.0 Å². The molecular formula is C20H24N2O4S. The van der Waals surface area contributed by atoms with E-state index in [2.05, 4.69) is 16.4 Å². The van der Waals surface area contributed by atoms with E-state index in [0.29, 0.717) is 11.7 Å². The molecule has 3 heterocycles. The van der Waals surface area contributed by atoms with Crippen molar-refractivity contribution in [2.24, 2.45) is 0 Å². The van der Waals surface area contributed by atoms with E-state index in [1.54, 1.807) is 6.92 Å². The number of thiazole rings is 1. The predicted octanol–water partition coefficient (Wildman–Crippen LogP) is 3.66. The minimum atomic E-state index is -0.542. The summed E-state index contributed by atoms with van der Waals surface area (Å²) in [7, 11) is 0. The van der Waals surface area contributed by atoms with Crippen LogP contribution in [-0.4, -0.2) is 42.9 Å². The average Bonchev–Trinajstić information content (AvgIpc) is 3.35. The number of benzene rings is 1. The van der Waals surface area contributed by atoms with Crippen molar-refractivity contribution in [2.45, 2.75) is 44.8 Å². The Morgan fingerprint density at radius 2 is 2.33 bits per heavy atom. The Morgan fingerprint density at radius 3 is 3.19 bits per heavy atom. The van der Waals surface area contributed by atoms with Gasteiger partial charge in [-0.2, -0.15) is 0 Å². The fourth-order valence-electron chi connectivity index (χ4n) is 3.28. The number of fused-ring (bicyclic) bond motifs is 1. The maximum absolute atomic E-state index is 12.4. The van der Waals surface area contributed by atoms with Gasteiger partial charge >= 0.3 is 0 Å². The second-order valence-corrected chi connectivity index (χ2v) is 7.77. The van der Waals surface area contributed by atoms with Crippen molar-refractivity contribution in [3.63, 3.8) is 0 Å². The molecule has 0 radical (unpaired) electrons. The summed E-state index contributed by atoms with van der Waals surface area (Å²) in [6.45, 7) is 3.73. The van der Waals surface area contributed by atoms with E-state index < -0.39 is 6.10 Å². The summed E-state index contributed by atoms with van der Waals surface area (Å²) in [6.07, 6.45) is 3.75. The van der Waals surface area contributed by atoms with Gasteiger partial charge in [-0.1, -0.05) is 0 Å². The zero-order valence-corrected chi connectivity index (χ0v) is 16.2. The maximum Gasteiger partial charge on any atom is 0.254 e. The van der Waals surface area contributed by atoms with Crippen LogP contribution in [0.25, 0.3) is 11.3 Å². The molecule has 6 nitrogen and oxygen atoms in total. The first-order valence-electron chi connectivity index (χ1n) is 9.45. The third kappa shape index (κ3) is 4.48. The molecule has 1 amide bonds. The second kappa shape index (κ2) is 8.37. The van der Waals surface area contributed by atoms with Gasteiger partial charge in [0.25, 0.3) is 5.91 Å². The van der Waals surface area contributed by atoms with Crippen LogP contribution >= 0.6 is 11.3 Å². The summed E-state index contributed by atoms with van der Waals surface area (Å²) >= 11 is 1.42. The van der Waals surface area contributed by atoms with Crippen molar-refractivity contribution in [3.05, 3.63) is 29.1 Å². The molecule has 1 fully saturated rings. The van der Waals surface area contributed by atoms with Gasteiger partial charge in [-0.25, -0.2) is 4.98 Å². The fourth-order valence-corrected chi connectivity index (χ4v) is 4.01. The molecule has 2 aliphatic rings. The lowest BCUT2D eigenvalue weighted by molar-refractivity contribution is -0.130. The van der Waals surface area contributed by atoms with E-state index in [0.717, 1.165) is 55.9 Å². The number of carbonyl (C=O) groups excluding carboxylic acids is 1. The number of hydrogen-bond donors (Lipinski definition) is 1. The van der Waals surface area contributed by atoms with Gasteiger partial charge in [-0.3, -0.25) is 10.1 Å². The average molecular weight is 388 g/mol. The molecular weight excluding hydrogens is 364 g/mol. The first-order valence-corrected chi connectivity index (χ1v) is 10.3. The molecule has 7 heteroatoms. The van der Waals surface area contributed by atoms with Gasteiger partial charge in [0.1, 0.15) is 11.9 Å². The van der Waals surface area contributed by atoms with E-state index in [1.165, 1.54) is 16.9 Å². The standard InChI is InChI=1S/C20H24N2O4S/c1-13(26-11-16-4-2-3-8-24-16)19(23)22-20-21-17(12-27-20)14-5-6-18-15(10-14)7-9-25-18/h5-6,10,12-13,16H,2-4,7-9,11H2,1H3,(H,21,22,23). The smallest absolute Gasteiger partial charge is 0.254 e. The summed E-state index contributed by atoms with van der Waals surface area (Å²) in [5.41, 5.74) is 3.10. The molecule has 1 N–H and O–H groups in total. The Labute approximate surface area is 162 Å². The minimum Gasteiger partial charge on any atom is -0.493 e. The highest BCUT2D eigenvalue weighted by molar-refractivity contribution is 7.14. The monoisotopic (exact) mass is 388 g/mol. The van der Waals surface area contributed by atoms with E-state index >= 15 is 0 Å². The zero-order valence-electron chi connectivity index (χ0n) is 15.4. The van der Waals surface area contributed by atoms with Gasteiger partial charge < -0.3 is 14.2 Å². The number of hydrogen-bond acceptors (Lipinski definition) is 6. The Morgan fingerprint density at radius 1 is 1.41 bits per heavy atom. The number of rotatable bonds is 6. The molecule has 0 bridgehead atoms. The molecule has 2 aliphatic heterocycles. The summed E-state index contributed by atoms with van der Waals surface area (Å²) < 4.78 is 16.9. The van der Waals surface area contributed by atoms with Crippen molar-refractivity contribution in [1.82, 2.24) is 4.98 Å². The van der Waals surface area contributed by atoms with Gasteiger partial charge in [0.15, 0.2) is 5.13 Å². The molecule has 0 saturated carbocycles. The van der Waals surface area contributed by atoms with Crippen LogP contribution in [0.15, 0.2) is 23.6 Å². The van der Waals surface area contributed by atoms with Crippen molar-refractivity contribution in [1.29, 1.82) is 0 Å². The molecule has 2 aromatic rings. The van der Waals surface area contributed by atoms with Crippen LogP contribution in [0.3, 0.4) is 0 Å². The van der Waals surface area contributed by atoms with Crippen LogP contribution < -0.4 is 10.1 Å². The van der Waals surface area contributed by atoms with Crippen LogP contribution in [-0.2, 0) is 20.7 Å². The van der Waals surface area contributed by atoms with Gasteiger partial charge in [0.2, 0.25) is 0 Å². The Bertz CT molecular complexity index is 801. The predicted molar refractivity (Wildman–Crippen MR) is 104 cm³/mol. The summed E-state index contributed by atoms with van der Waals surface area (Å²) in [5.74, 6) is 0.768. The van der Waals surface area contributed by atoms with E-state index in [4.69, 9.17) is 14.2 Å². The summed E-state index contributed by atoms with van der Waals surface area (Å²) in [5, 5.41) is 5.38. The molecule has 0 spiro atoms. The molecule has 0 aliphatic carbocycles. The first kappa shape index (κ1) is 18.4. The highest BCUT2D eigenvalue weighted by Crippen LogP contribution is 2.32. The van der Waals surface area contributed by atoms with Gasteiger partial charge in [0, 0.05) is 24.0 Å². The molecule has 144 valence electrons. The molecule has 1 saturated heterocycles. The van der Waals surface area contributed by atoms with E-state index in [9.17, 15) is 4.79 Å². The largest absolute Gasteiger partial charge is 0.493 e.